The number of pyridine rings is 1. The first kappa shape index (κ1) is 16.4. The lowest BCUT2D eigenvalue weighted by molar-refractivity contribution is -0.130. The molecule has 0 bridgehead atoms. The van der Waals surface area contributed by atoms with Gasteiger partial charge in [0.2, 0.25) is 15.9 Å². The summed E-state index contributed by atoms with van der Waals surface area (Å²) in [6.07, 6.45) is 5.09. The van der Waals surface area contributed by atoms with Crippen LogP contribution in [0.3, 0.4) is 0 Å². The van der Waals surface area contributed by atoms with Gasteiger partial charge in [0.25, 0.3) is 0 Å². The second-order valence-corrected chi connectivity index (χ2v) is 8.07. The molecule has 0 spiro atoms. The van der Waals surface area contributed by atoms with Crippen molar-refractivity contribution in [2.24, 2.45) is 17.6 Å². The van der Waals surface area contributed by atoms with Crippen molar-refractivity contribution in [2.75, 3.05) is 19.6 Å². The number of carbonyl (C=O) groups is 1. The quantitative estimate of drug-likeness (QED) is 0.783. The molecular weight excluding hydrogens is 316 g/mol. The Morgan fingerprint density at radius 2 is 2.22 bits per heavy atom. The summed E-state index contributed by atoms with van der Waals surface area (Å²) < 4.78 is 26.5. The van der Waals surface area contributed by atoms with E-state index in [1.165, 1.54) is 18.5 Å². The number of hydrogen-bond donors (Lipinski definition) is 2. The number of amides is 1. The minimum absolute atomic E-state index is 0.0134. The first-order chi connectivity index (χ1) is 11.0. The maximum absolute atomic E-state index is 12.2. The lowest BCUT2D eigenvalue weighted by atomic mass is 9.98. The highest BCUT2D eigenvalue weighted by atomic mass is 32.2. The molecule has 23 heavy (non-hydrogen) atoms. The number of aromatic nitrogens is 1. The minimum atomic E-state index is -3.61. The molecule has 126 valence electrons. The van der Waals surface area contributed by atoms with Crippen molar-refractivity contribution >= 4 is 15.9 Å². The van der Waals surface area contributed by atoms with E-state index in [2.05, 4.69) is 9.71 Å². The molecule has 1 aromatic heterocycles. The van der Waals surface area contributed by atoms with Gasteiger partial charge in [-0.25, -0.2) is 13.1 Å². The Kier molecular flexibility index (Phi) is 4.65. The summed E-state index contributed by atoms with van der Waals surface area (Å²) >= 11 is 0. The van der Waals surface area contributed by atoms with Crippen molar-refractivity contribution in [1.82, 2.24) is 14.6 Å². The fourth-order valence-electron chi connectivity index (χ4n) is 3.55. The highest BCUT2D eigenvalue weighted by Crippen LogP contribution is 2.37. The Hall–Kier alpha value is -1.51. The van der Waals surface area contributed by atoms with Crippen LogP contribution in [0.2, 0.25) is 0 Å². The SMILES string of the molecule is NC1CCC2CN(C(=O)CCNS(=O)(=O)c3cccnc3)CC12. The zero-order chi connectivity index (χ0) is 16.4. The van der Waals surface area contributed by atoms with Gasteiger partial charge in [0.1, 0.15) is 4.90 Å². The summed E-state index contributed by atoms with van der Waals surface area (Å²) in [5, 5.41) is 0. The van der Waals surface area contributed by atoms with Gasteiger partial charge in [-0.15, -0.1) is 0 Å². The molecular formula is C15H22N4O3S. The number of carbonyl (C=O) groups excluding carboxylic acids is 1. The van der Waals surface area contributed by atoms with Crippen molar-refractivity contribution in [3.05, 3.63) is 24.5 Å². The second-order valence-electron chi connectivity index (χ2n) is 6.30. The normalized spacial score (nSPS) is 27.2. The highest BCUT2D eigenvalue weighted by molar-refractivity contribution is 7.89. The maximum Gasteiger partial charge on any atom is 0.242 e. The summed E-state index contributed by atoms with van der Waals surface area (Å²) in [6, 6.07) is 3.23. The van der Waals surface area contributed by atoms with Gasteiger partial charge in [-0.2, -0.15) is 0 Å². The summed E-state index contributed by atoms with van der Waals surface area (Å²) in [5.41, 5.74) is 6.07. The standard InChI is InChI=1S/C15H22N4O3S/c16-14-4-3-11-9-19(10-13(11)14)15(20)5-7-18-23(21,22)12-2-1-6-17-8-12/h1-2,6,8,11,13-14,18H,3-5,7,9-10,16H2. The van der Waals surface area contributed by atoms with E-state index in [-0.39, 0.29) is 29.8 Å². The molecule has 0 aromatic carbocycles. The van der Waals surface area contributed by atoms with Crippen molar-refractivity contribution in [3.63, 3.8) is 0 Å². The smallest absolute Gasteiger partial charge is 0.242 e. The maximum atomic E-state index is 12.2. The van der Waals surface area contributed by atoms with Gasteiger partial charge < -0.3 is 10.6 Å². The van der Waals surface area contributed by atoms with Crippen molar-refractivity contribution in [1.29, 1.82) is 0 Å². The number of hydrogen-bond acceptors (Lipinski definition) is 5. The summed E-state index contributed by atoms with van der Waals surface area (Å²) in [4.78, 5) is 18.0. The van der Waals surface area contributed by atoms with Crippen LogP contribution in [0.25, 0.3) is 0 Å². The van der Waals surface area contributed by atoms with Crippen LogP contribution in [0.4, 0.5) is 0 Å². The molecule has 3 rings (SSSR count). The zero-order valence-electron chi connectivity index (χ0n) is 12.9. The van der Waals surface area contributed by atoms with Crippen LogP contribution >= 0.6 is 0 Å². The molecule has 1 saturated heterocycles. The molecule has 3 unspecified atom stereocenters. The second kappa shape index (κ2) is 6.54. The van der Waals surface area contributed by atoms with Gasteiger partial charge >= 0.3 is 0 Å². The topological polar surface area (TPSA) is 105 Å². The van der Waals surface area contributed by atoms with Crippen molar-refractivity contribution in [3.8, 4) is 0 Å². The molecule has 2 fully saturated rings. The molecule has 1 aromatic rings. The largest absolute Gasteiger partial charge is 0.342 e. The number of nitrogens with zero attached hydrogens (tertiary/aromatic N) is 2. The summed E-state index contributed by atoms with van der Waals surface area (Å²) in [6.45, 7) is 1.56. The first-order valence-electron chi connectivity index (χ1n) is 7.90. The highest BCUT2D eigenvalue weighted by Gasteiger charge is 2.42. The molecule has 0 radical (unpaired) electrons. The molecule has 2 aliphatic rings. The van der Waals surface area contributed by atoms with Gasteiger partial charge in [-0.05, 0) is 36.8 Å². The number of sulfonamides is 1. The number of rotatable bonds is 5. The molecule has 1 aliphatic heterocycles. The molecule has 7 nitrogen and oxygen atoms in total. The molecule has 8 heteroatoms. The van der Waals surface area contributed by atoms with E-state index in [1.807, 2.05) is 4.90 Å². The lowest BCUT2D eigenvalue weighted by Gasteiger charge is -2.18. The van der Waals surface area contributed by atoms with E-state index in [4.69, 9.17) is 5.73 Å². The molecule has 3 N–H and O–H groups in total. The number of nitrogens with one attached hydrogen (secondary N) is 1. The van der Waals surface area contributed by atoms with Gasteiger partial charge in [0.05, 0.1) is 0 Å². The Labute approximate surface area is 136 Å². The molecule has 2 heterocycles. The number of likely N-dealkylation sites (tertiary alicyclic amines) is 1. The fourth-order valence-corrected chi connectivity index (χ4v) is 4.55. The van der Waals surface area contributed by atoms with Crippen LogP contribution in [0.5, 0.6) is 0 Å². The Morgan fingerprint density at radius 3 is 2.91 bits per heavy atom. The van der Waals surface area contributed by atoms with E-state index in [1.54, 1.807) is 6.07 Å². The third kappa shape index (κ3) is 3.54. The molecule has 1 amide bonds. The van der Waals surface area contributed by atoms with Crippen molar-refractivity contribution in [2.45, 2.75) is 30.2 Å². The van der Waals surface area contributed by atoms with E-state index in [0.717, 1.165) is 19.4 Å². The number of nitrogens with two attached hydrogens (primary N) is 1. The average molecular weight is 338 g/mol. The zero-order valence-corrected chi connectivity index (χ0v) is 13.7. The van der Waals surface area contributed by atoms with Crippen LogP contribution in [-0.4, -0.2) is 49.9 Å². The van der Waals surface area contributed by atoms with E-state index >= 15 is 0 Å². The van der Waals surface area contributed by atoms with Crippen LogP contribution in [0, 0.1) is 11.8 Å². The van der Waals surface area contributed by atoms with Crippen LogP contribution in [0.15, 0.2) is 29.4 Å². The van der Waals surface area contributed by atoms with Crippen LogP contribution in [-0.2, 0) is 14.8 Å². The van der Waals surface area contributed by atoms with Gasteiger partial charge in [0.15, 0.2) is 0 Å². The monoisotopic (exact) mass is 338 g/mol. The first-order valence-corrected chi connectivity index (χ1v) is 9.39. The predicted molar refractivity (Wildman–Crippen MR) is 84.8 cm³/mol. The molecule has 1 saturated carbocycles. The minimum Gasteiger partial charge on any atom is -0.342 e. The van der Waals surface area contributed by atoms with Gasteiger partial charge in [-0.1, -0.05) is 0 Å². The lowest BCUT2D eigenvalue weighted by Crippen LogP contribution is -2.35. The van der Waals surface area contributed by atoms with Gasteiger partial charge in [-0.3, -0.25) is 9.78 Å². The van der Waals surface area contributed by atoms with Crippen LogP contribution < -0.4 is 10.5 Å². The van der Waals surface area contributed by atoms with E-state index < -0.39 is 10.0 Å². The van der Waals surface area contributed by atoms with E-state index in [0.29, 0.717) is 18.4 Å². The molecule has 3 atom stereocenters. The predicted octanol–water partition coefficient (Wildman–Crippen LogP) is -0.0543. The Bertz CT molecular complexity index is 665. The third-order valence-electron chi connectivity index (χ3n) is 4.84. The number of fused-ring (bicyclic) bond motifs is 1. The van der Waals surface area contributed by atoms with E-state index in [9.17, 15) is 13.2 Å². The third-order valence-corrected chi connectivity index (χ3v) is 6.29. The summed E-state index contributed by atoms with van der Waals surface area (Å²) in [5.74, 6) is 0.910. The summed E-state index contributed by atoms with van der Waals surface area (Å²) in [7, 11) is -3.61. The molecule has 1 aliphatic carbocycles. The Morgan fingerprint density at radius 1 is 1.39 bits per heavy atom. The van der Waals surface area contributed by atoms with Crippen molar-refractivity contribution < 1.29 is 13.2 Å². The van der Waals surface area contributed by atoms with Crippen LogP contribution in [0.1, 0.15) is 19.3 Å². The van der Waals surface area contributed by atoms with Gasteiger partial charge in [0, 0.05) is 44.5 Å². The average Bonchev–Trinajstić information content (AvgIpc) is 3.10. The fraction of sp³-hybridized carbons (Fsp3) is 0.600. The Balaban J connectivity index is 1.49.